The number of rotatable bonds is 7. The predicted octanol–water partition coefficient (Wildman–Crippen LogP) is 3.55. The molecule has 0 spiro atoms. The lowest BCUT2D eigenvalue weighted by Crippen LogP contribution is -2.32. The second kappa shape index (κ2) is 11.0. The first-order valence-corrected chi connectivity index (χ1v) is 14.1. The summed E-state index contributed by atoms with van der Waals surface area (Å²) in [6.45, 7) is 7.39. The van der Waals surface area contributed by atoms with Gasteiger partial charge in [-0.1, -0.05) is 18.5 Å². The van der Waals surface area contributed by atoms with Crippen molar-refractivity contribution in [2.75, 3.05) is 36.0 Å². The molecule has 1 aliphatic rings. The van der Waals surface area contributed by atoms with E-state index in [1.54, 1.807) is 35.5 Å². The molecule has 13 heteroatoms. The molecule has 1 aliphatic heterocycles. The molecule has 1 aromatic carbocycles. The number of fused-ring (bicyclic) bond motifs is 1. The molecule has 4 rings (SSSR count). The largest absolute Gasteiger partial charge is 0.355 e. The predicted molar refractivity (Wildman–Crippen MR) is 150 cm³/mol. The van der Waals surface area contributed by atoms with Crippen molar-refractivity contribution in [2.45, 2.75) is 45.7 Å². The summed E-state index contributed by atoms with van der Waals surface area (Å²) in [6.07, 6.45) is 4.48. The Bertz CT molecular complexity index is 1430. The van der Waals surface area contributed by atoms with Gasteiger partial charge in [0.15, 0.2) is 5.65 Å². The van der Waals surface area contributed by atoms with Crippen molar-refractivity contribution < 1.29 is 13.2 Å². The Morgan fingerprint density at radius 2 is 2.03 bits per heavy atom. The van der Waals surface area contributed by atoms with Crippen LogP contribution in [0.5, 0.6) is 0 Å². The number of sulfonamides is 1. The normalized spacial score (nSPS) is 16.5. The number of nitrogens with one attached hydrogen (secondary N) is 1. The molecule has 1 fully saturated rings. The van der Waals surface area contributed by atoms with Crippen LogP contribution in [0.1, 0.15) is 53.0 Å². The quantitative estimate of drug-likeness (QED) is 0.445. The van der Waals surface area contributed by atoms with Gasteiger partial charge in [-0.05, 0) is 44.4 Å². The molecule has 202 valence electrons. The molecule has 0 saturated carbocycles. The molecule has 1 amide bonds. The summed E-state index contributed by atoms with van der Waals surface area (Å²) in [4.78, 5) is 22.2. The lowest BCUT2D eigenvalue weighted by Gasteiger charge is -2.27. The van der Waals surface area contributed by atoms with Crippen LogP contribution in [-0.4, -0.2) is 66.3 Å². The van der Waals surface area contributed by atoms with Crippen LogP contribution >= 0.6 is 24.0 Å². The topological polar surface area (TPSA) is 126 Å². The Balaban J connectivity index is 0.00000380. The van der Waals surface area contributed by atoms with Crippen LogP contribution in [-0.2, 0) is 10.0 Å². The van der Waals surface area contributed by atoms with Crippen molar-refractivity contribution in [3.05, 3.63) is 51.8 Å². The second-order valence-electron chi connectivity index (χ2n) is 9.50. The van der Waals surface area contributed by atoms with E-state index in [1.165, 1.54) is 0 Å². The van der Waals surface area contributed by atoms with E-state index in [9.17, 15) is 13.2 Å². The molecule has 3 N–H and O–H groups in total. The summed E-state index contributed by atoms with van der Waals surface area (Å²) in [5.41, 5.74) is 9.44. The van der Waals surface area contributed by atoms with Gasteiger partial charge < -0.3 is 15.5 Å². The maximum absolute atomic E-state index is 13.6. The number of nitrogens with two attached hydrogens (primary N) is 1. The lowest BCUT2D eigenvalue weighted by molar-refractivity contribution is 0.0723. The molecule has 10 nitrogen and oxygen atoms in total. The lowest BCUT2D eigenvalue weighted by atomic mass is 10.1. The van der Waals surface area contributed by atoms with Gasteiger partial charge in [0.25, 0.3) is 5.91 Å². The van der Waals surface area contributed by atoms with Crippen LogP contribution in [0.25, 0.3) is 5.65 Å². The number of aryl methyl sites for hydroxylation is 2. The van der Waals surface area contributed by atoms with E-state index < -0.39 is 10.0 Å². The molecular formula is C24H33Cl2N7O3S. The average molecular weight is 571 g/mol. The SMILES string of the molecule is CC[C@@H](c1cc2nc(N3CC[C@H](N)C3)c(C)cn2n1)N(C)C(=O)c1cc(C)cc(Cl)c1NS(C)(=O)=O.Cl. The molecule has 0 bridgehead atoms. The number of benzene rings is 1. The summed E-state index contributed by atoms with van der Waals surface area (Å²) in [6, 6.07) is 4.91. The highest BCUT2D eigenvalue weighted by atomic mass is 35.5. The number of nitrogens with zero attached hydrogens (tertiary/aromatic N) is 5. The number of halogens is 2. The standard InChI is InChI=1S/C24H32ClN7O3S.ClH/c1-6-20(30(4)24(33)17-9-14(2)10-18(25)22(17)29-36(5,34)35)19-11-21-27-23(15(3)12-32(21)28-19)31-8-7-16(26)13-31;/h9-12,16,20,29H,6-8,13,26H2,1-5H3;1H/t16-,20-;/m0./s1. The number of anilines is 2. The van der Waals surface area contributed by atoms with Crippen molar-refractivity contribution in [1.82, 2.24) is 19.5 Å². The van der Waals surface area contributed by atoms with Gasteiger partial charge in [-0.25, -0.2) is 17.9 Å². The molecule has 3 heterocycles. The third-order valence-corrected chi connectivity index (χ3v) is 7.29. The highest BCUT2D eigenvalue weighted by molar-refractivity contribution is 7.92. The summed E-state index contributed by atoms with van der Waals surface area (Å²) >= 11 is 6.33. The number of carbonyl (C=O) groups is 1. The van der Waals surface area contributed by atoms with Gasteiger partial charge in [-0.15, -0.1) is 12.4 Å². The van der Waals surface area contributed by atoms with Crippen LogP contribution in [0, 0.1) is 13.8 Å². The van der Waals surface area contributed by atoms with E-state index in [0.717, 1.165) is 42.7 Å². The summed E-state index contributed by atoms with van der Waals surface area (Å²) in [7, 11) is -1.97. The molecule has 2 atom stereocenters. The smallest absolute Gasteiger partial charge is 0.256 e. The van der Waals surface area contributed by atoms with Gasteiger partial charge in [-0.2, -0.15) is 5.10 Å². The van der Waals surface area contributed by atoms with Crippen molar-refractivity contribution >= 4 is 57.1 Å². The van der Waals surface area contributed by atoms with Crippen LogP contribution in [0.3, 0.4) is 0 Å². The first-order valence-electron chi connectivity index (χ1n) is 11.8. The Morgan fingerprint density at radius 3 is 2.62 bits per heavy atom. The first kappa shape index (κ1) is 29.0. The van der Waals surface area contributed by atoms with Gasteiger partial charge >= 0.3 is 0 Å². The zero-order valence-electron chi connectivity index (χ0n) is 21.5. The van der Waals surface area contributed by atoms with Crippen molar-refractivity contribution in [3.63, 3.8) is 0 Å². The summed E-state index contributed by atoms with van der Waals surface area (Å²) in [5.74, 6) is 0.525. The van der Waals surface area contributed by atoms with Gasteiger partial charge in [0.2, 0.25) is 10.0 Å². The van der Waals surface area contributed by atoms with Gasteiger partial charge in [-0.3, -0.25) is 9.52 Å². The highest BCUT2D eigenvalue weighted by Gasteiger charge is 2.28. The highest BCUT2D eigenvalue weighted by Crippen LogP contribution is 2.32. The van der Waals surface area contributed by atoms with Crippen molar-refractivity contribution in [1.29, 1.82) is 0 Å². The molecule has 2 aromatic heterocycles. The van der Waals surface area contributed by atoms with E-state index in [4.69, 9.17) is 27.4 Å². The number of hydrogen-bond acceptors (Lipinski definition) is 7. The van der Waals surface area contributed by atoms with Gasteiger partial charge in [0, 0.05) is 44.0 Å². The molecule has 37 heavy (non-hydrogen) atoms. The second-order valence-corrected chi connectivity index (χ2v) is 11.7. The summed E-state index contributed by atoms with van der Waals surface area (Å²) in [5, 5.41) is 4.88. The van der Waals surface area contributed by atoms with Crippen molar-refractivity contribution in [3.8, 4) is 0 Å². The van der Waals surface area contributed by atoms with Crippen LogP contribution < -0.4 is 15.4 Å². The first-order chi connectivity index (χ1) is 16.9. The number of aromatic nitrogens is 3. The third kappa shape index (κ3) is 6.11. The zero-order chi connectivity index (χ0) is 26.4. The maximum Gasteiger partial charge on any atom is 0.256 e. The monoisotopic (exact) mass is 569 g/mol. The minimum absolute atomic E-state index is 0. The Labute approximate surface area is 228 Å². The summed E-state index contributed by atoms with van der Waals surface area (Å²) < 4.78 is 28.0. The molecule has 0 radical (unpaired) electrons. The van der Waals surface area contributed by atoms with E-state index in [-0.39, 0.29) is 46.7 Å². The number of hydrogen-bond donors (Lipinski definition) is 2. The van der Waals surface area contributed by atoms with Crippen LogP contribution in [0.4, 0.5) is 11.5 Å². The molecule has 1 saturated heterocycles. The van der Waals surface area contributed by atoms with E-state index in [0.29, 0.717) is 17.8 Å². The third-order valence-electron chi connectivity index (χ3n) is 6.42. The average Bonchev–Trinajstić information content (AvgIpc) is 3.39. The van der Waals surface area contributed by atoms with Crippen LogP contribution in [0.2, 0.25) is 5.02 Å². The Morgan fingerprint density at radius 1 is 1.32 bits per heavy atom. The number of amides is 1. The minimum atomic E-state index is -3.65. The minimum Gasteiger partial charge on any atom is -0.355 e. The van der Waals surface area contributed by atoms with Gasteiger partial charge in [0.1, 0.15) is 5.82 Å². The zero-order valence-corrected chi connectivity index (χ0v) is 23.9. The number of carbonyl (C=O) groups excluding carboxylic acids is 1. The Hall–Kier alpha value is -2.60. The van der Waals surface area contributed by atoms with E-state index >= 15 is 0 Å². The molecule has 0 unspecified atom stereocenters. The fourth-order valence-electron chi connectivity index (χ4n) is 4.69. The fraction of sp³-hybridized carbons (Fsp3) is 0.458. The molecule has 3 aromatic rings. The maximum atomic E-state index is 13.6. The Kier molecular flexibility index (Phi) is 8.63. The van der Waals surface area contributed by atoms with Gasteiger partial charge in [0.05, 0.1) is 34.3 Å². The van der Waals surface area contributed by atoms with E-state index in [1.807, 2.05) is 26.1 Å². The van der Waals surface area contributed by atoms with Crippen molar-refractivity contribution in [2.24, 2.45) is 5.73 Å². The molecule has 0 aliphatic carbocycles. The molecular weight excluding hydrogens is 537 g/mol. The fourth-order valence-corrected chi connectivity index (χ4v) is 5.66. The van der Waals surface area contributed by atoms with E-state index in [2.05, 4.69) is 9.62 Å². The van der Waals surface area contributed by atoms with Crippen LogP contribution in [0.15, 0.2) is 24.4 Å².